The van der Waals surface area contributed by atoms with Gasteiger partial charge >= 0.3 is 5.97 Å². The van der Waals surface area contributed by atoms with Crippen LogP contribution in [0.15, 0.2) is 24.3 Å². The van der Waals surface area contributed by atoms with Crippen LogP contribution in [0.3, 0.4) is 0 Å². The van der Waals surface area contributed by atoms with Crippen LogP contribution < -0.4 is 4.90 Å². The van der Waals surface area contributed by atoms with Crippen molar-refractivity contribution in [1.29, 1.82) is 0 Å². The van der Waals surface area contributed by atoms with E-state index in [0.29, 0.717) is 11.3 Å². The molecule has 0 aliphatic carbocycles. The Labute approximate surface area is 110 Å². The maximum atomic E-state index is 11.9. The van der Waals surface area contributed by atoms with Crippen LogP contribution in [0.25, 0.3) is 0 Å². The Morgan fingerprint density at radius 1 is 1.32 bits per heavy atom. The van der Waals surface area contributed by atoms with Crippen LogP contribution in [-0.2, 0) is 9.59 Å². The van der Waals surface area contributed by atoms with Crippen molar-refractivity contribution in [2.75, 3.05) is 11.4 Å². The lowest BCUT2D eigenvalue weighted by Gasteiger charge is -2.19. The fourth-order valence-electron chi connectivity index (χ4n) is 2.08. The number of benzene rings is 1. The van der Waals surface area contributed by atoms with E-state index in [1.165, 1.54) is 4.90 Å². The van der Waals surface area contributed by atoms with Gasteiger partial charge in [-0.2, -0.15) is 0 Å². The molecule has 1 aromatic rings. The number of nitrogens with zero attached hydrogens (tertiary/aromatic N) is 1. The minimum atomic E-state index is -1.18. The Morgan fingerprint density at radius 3 is 2.53 bits per heavy atom. The summed E-state index contributed by atoms with van der Waals surface area (Å²) in [7, 11) is 0. The third kappa shape index (κ3) is 1.93. The zero-order valence-corrected chi connectivity index (χ0v) is 10.7. The first-order valence-corrected chi connectivity index (χ1v) is 5.72. The minimum Gasteiger partial charge on any atom is -0.478 e. The second-order valence-corrected chi connectivity index (χ2v) is 4.53. The quantitative estimate of drug-likeness (QED) is 0.659. The van der Waals surface area contributed by atoms with E-state index in [-0.39, 0.29) is 12.1 Å². The lowest BCUT2D eigenvalue weighted by atomic mass is 10.0. The van der Waals surface area contributed by atoms with Gasteiger partial charge in [0, 0.05) is 5.57 Å². The van der Waals surface area contributed by atoms with Gasteiger partial charge in [-0.05, 0) is 31.0 Å². The average Bonchev–Trinajstić information content (AvgIpc) is 2.59. The normalized spacial score (nSPS) is 13.7. The van der Waals surface area contributed by atoms with E-state index in [0.717, 1.165) is 11.1 Å². The van der Waals surface area contributed by atoms with E-state index in [4.69, 9.17) is 5.11 Å². The van der Waals surface area contributed by atoms with Crippen molar-refractivity contribution in [3.8, 4) is 0 Å². The van der Waals surface area contributed by atoms with Crippen LogP contribution in [0.2, 0.25) is 0 Å². The van der Waals surface area contributed by atoms with Crippen LogP contribution in [0, 0.1) is 13.8 Å². The molecule has 0 aromatic heterocycles. The summed E-state index contributed by atoms with van der Waals surface area (Å²) in [6, 6.07) is 3.37. The van der Waals surface area contributed by atoms with Gasteiger partial charge in [-0.1, -0.05) is 12.6 Å². The van der Waals surface area contributed by atoms with E-state index < -0.39 is 17.7 Å². The van der Waals surface area contributed by atoms with Crippen molar-refractivity contribution >= 4 is 23.3 Å². The van der Waals surface area contributed by atoms with Gasteiger partial charge in [0.05, 0.1) is 17.8 Å². The molecule has 0 atom stereocenters. The zero-order valence-electron chi connectivity index (χ0n) is 10.7. The number of amides is 1. The zero-order chi connectivity index (χ0) is 14.3. The first-order valence-electron chi connectivity index (χ1n) is 5.72. The molecule has 19 heavy (non-hydrogen) atoms. The molecule has 0 spiro atoms. The molecule has 1 N–H and O–H groups in total. The molecule has 1 aliphatic heterocycles. The molecule has 0 bridgehead atoms. The topological polar surface area (TPSA) is 74.7 Å². The van der Waals surface area contributed by atoms with Crippen molar-refractivity contribution in [1.82, 2.24) is 0 Å². The van der Waals surface area contributed by atoms with Crippen LogP contribution >= 0.6 is 0 Å². The summed E-state index contributed by atoms with van der Waals surface area (Å²) >= 11 is 0. The fourth-order valence-corrected chi connectivity index (χ4v) is 2.08. The average molecular weight is 259 g/mol. The summed E-state index contributed by atoms with van der Waals surface area (Å²) < 4.78 is 0. The summed E-state index contributed by atoms with van der Waals surface area (Å²) in [6.45, 7) is 6.88. The Hall–Kier alpha value is -2.43. The summed E-state index contributed by atoms with van der Waals surface area (Å²) in [6.07, 6.45) is 0. The summed E-state index contributed by atoms with van der Waals surface area (Å²) in [5.74, 6) is -2.48. The van der Waals surface area contributed by atoms with Gasteiger partial charge in [0.2, 0.25) is 0 Å². The fraction of sp³-hybridized carbons (Fsp3) is 0.214. The molecule has 98 valence electrons. The number of aryl methyl sites for hydroxylation is 1. The van der Waals surface area contributed by atoms with Crippen LogP contribution in [0.1, 0.15) is 21.5 Å². The van der Waals surface area contributed by atoms with Gasteiger partial charge in [0.1, 0.15) is 0 Å². The van der Waals surface area contributed by atoms with E-state index in [2.05, 4.69) is 6.58 Å². The lowest BCUT2D eigenvalue weighted by molar-refractivity contribution is -0.132. The molecule has 1 aromatic carbocycles. The van der Waals surface area contributed by atoms with Crippen molar-refractivity contribution in [3.05, 3.63) is 41.0 Å². The smallest absolute Gasteiger partial charge is 0.332 e. The first-order chi connectivity index (χ1) is 8.84. The molecule has 5 nitrogen and oxygen atoms in total. The van der Waals surface area contributed by atoms with Crippen LogP contribution in [-0.4, -0.2) is 29.3 Å². The van der Waals surface area contributed by atoms with E-state index in [1.807, 2.05) is 6.92 Å². The number of aliphatic carboxylic acids is 1. The highest BCUT2D eigenvalue weighted by Gasteiger charge is 2.37. The van der Waals surface area contributed by atoms with Gasteiger partial charge in [0.25, 0.3) is 11.7 Å². The molecule has 0 radical (unpaired) electrons. The maximum Gasteiger partial charge on any atom is 0.332 e. The second-order valence-electron chi connectivity index (χ2n) is 4.53. The van der Waals surface area contributed by atoms with Crippen LogP contribution in [0.5, 0.6) is 0 Å². The SMILES string of the molecule is C=C(CN1C(=O)C(=O)c2ccc(C)c(C)c21)C(=O)O. The maximum absolute atomic E-state index is 11.9. The molecule has 1 amide bonds. The van der Waals surface area contributed by atoms with Crippen LogP contribution in [0.4, 0.5) is 5.69 Å². The largest absolute Gasteiger partial charge is 0.478 e. The van der Waals surface area contributed by atoms with Crippen molar-refractivity contribution in [2.45, 2.75) is 13.8 Å². The van der Waals surface area contributed by atoms with Crippen molar-refractivity contribution in [3.63, 3.8) is 0 Å². The molecule has 5 heteroatoms. The molecule has 2 rings (SSSR count). The van der Waals surface area contributed by atoms with Crippen molar-refractivity contribution < 1.29 is 19.5 Å². The highest BCUT2D eigenvalue weighted by atomic mass is 16.4. The van der Waals surface area contributed by atoms with E-state index in [1.54, 1.807) is 19.1 Å². The van der Waals surface area contributed by atoms with Gasteiger partial charge in [0.15, 0.2) is 0 Å². The molecule has 0 saturated heterocycles. The van der Waals surface area contributed by atoms with Gasteiger partial charge < -0.3 is 5.11 Å². The Bertz CT molecular complexity index is 631. The second kappa shape index (κ2) is 4.35. The number of hydrogen-bond acceptors (Lipinski definition) is 3. The molecule has 1 aliphatic rings. The highest BCUT2D eigenvalue weighted by molar-refractivity contribution is 6.52. The predicted molar refractivity (Wildman–Crippen MR) is 69.4 cm³/mol. The molecular formula is C14H13NO4. The third-order valence-corrected chi connectivity index (χ3v) is 3.31. The highest BCUT2D eigenvalue weighted by Crippen LogP contribution is 2.34. The molecule has 1 heterocycles. The molecular weight excluding hydrogens is 246 g/mol. The van der Waals surface area contributed by atoms with Crippen molar-refractivity contribution in [2.24, 2.45) is 0 Å². The standard InChI is InChI=1S/C14H13NO4/c1-7-4-5-10-11(9(7)3)15(13(17)12(10)16)6-8(2)14(18)19/h4-5H,2,6H2,1,3H3,(H,18,19). The van der Waals surface area contributed by atoms with Gasteiger partial charge in [-0.3, -0.25) is 14.5 Å². The summed E-state index contributed by atoms with van der Waals surface area (Å²) in [4.78, 5) is 35.8. The monoisotopic (exact) mass is 259 g/mol. The lowest BCUT2D eigenvalue weighted by Crippen LogP contribution is -2.33. The minimum absolute atomic E-state index is 0.130. The molecule has 0 fully saturated rings. The predicted octanol–water partition coefficient (Wildman–Crippen LogP) is 1.47. The number of carbonyl (C=O) groups excluding carboxylic acids is 2. The molecule has 0 saturated carbocycles. The van der Waals surface area contributed by atoms with E-state index >= 15 is 0 Å². The third-order valence-electron chi connectivity index (χ3n) is 3.31. The number of Topliss-reactive ketones (excluding diaryl/α,β-unsaturated/α-hetero) is 1. The number of fused-ring (bicyclic) bond motifs is 1. The number of anilines is 1. The van der Waals surface area contributed by atoms with Gasteiger partial charge in [-0.15, -0.1) is 0 Å². The van der Waals surface area contributed by atoms with Gasteiger partial charge in [-0.25, -0.2) is 4.79 Å². The Morgan fingerprint density at radius 2 is 1.95 bits per heavy atom. The summed E-state index contributed by atoms with van der Waals surface area (Å²) in [5.41, 5.74) is 2.43. The number of carboxylic acid groups (broad SMARTS) is 1. The number of rotatable bonds is 3. The summed E-state index contributed by atoms with van der Waals surface area (Å²) in [5, 5.41) is 8.84. The number of carboxylic acids is 1. The Kier molecular flexibility index (Phi) is 2.98. The Balaban J connectivity index is 2.52. The first kappa shape index (κ1) is 13.0. The number of hydrogen-bond donors (Lipinski definition) is 1. The number of ketones is 1. The molecule has 0 unspecified atom stereocenters. The van der Waals surface area contributed by atoms with E-state index in [9.17, 15) is 14.4 Å². The number of carbonyl (C=O) groups is 3.